The topological polar surface area (TPSA) is 53.8 Å². The van der Waals surface area contributed by atoms with Crippen molar-refractivity contribution >= 4 is 40.3 Å². The number of nitrogens with one attached hydrogen (secondary N) is 1. The molecule has 1 amide bonds. The van der Waals surface area contributed by atoms with Crippen LogP contribution in [0, 0.1) is 0 Å². The monoisotopic (exact) mass is 441 g/mol. The van der Waals surface area contributed by atoms with Crippen LogP contribution in [0.15, 0.2) is 85.1 Å². The zero-order valence-corrected chi connectivity index (χ0v) is 18.3. The average Bonchev–Trinajstić information content (AvgIpc) is 3.25. The summed E-state index contributed by atoms with van der Waals surface area (Å²) in [5, 5.41) is 2.78. The summed E-state index contributed by atoms with van der Waals surface area (Å²) < 4.78 is 1.78. The van der Waals surface area contributed by atoms with Crippen LogP contribution in [0.3, 0.4) is 0 Å². The zero-order chi connectivity index (χ0) is 21.9. The minimum absolute atomic E-state index is 0.367. The van der Waals surface area contributed by atoms with Gasteiger partial charge in [0.05, 0.1) is 0 Å². The second-order valence-corrected chi connectivity index (χ2v) is 8.92. The summed E-state index contributed by atoms with van der Waals surface area (Å²) in [6.07, 6.45) is 1.81. The molecule has 0 unspecified atom stereocenters. The van der Waals surface area contributed by atoms with E-state index in [9.17, 15) is 9.59 Å². The molecule has 1 aliphatic rings. The molecule has 1 aliphatic heterocycles. The van der Waals surface area contributed by atoms with Gasteiger partial charge in [-0.15, -0.1) is 0 Å². The lowest BCUT2D eigenvalue weighted by Gasteiger charge is -2.28. The Morgan fingerprint density at radius 1 is 0.844 bits per heavy atom. The van der Waals surface area contributed by atoms with E-state index in [1.165, 1.54) is 0 Å². The summed E-state index contributed by atoms with van der Waals surface area (Å²) in [5.41, 5.74) is 4.63. The van der Waals surface area contributed by atoms with Crippen molar-refractivity contribution in [3.8, 4) is 11.1 Å². The van der Waals surface area contributed by atoms with Crippen LogP contribution in [-0.2, 0) is 4.79 Å². The van der Waals surface area contributed by atoms with Crippen molar-refractivity contribution in [1.29, 1.82) is 0 Å². The lowest BCUT2D eigenvalue weighted by Crippen LogP contribution is -2.32. The molecule has 3 heterocycles. The minimum Gasteiger partial charge on any atom is -0.370 e. The molecule has 0 saturated carbocycles. The number of hydrogen-bond donors (Lipinski definition) is 1. The highest BCUT2D eigenvalue weighted by Crippen LogP contribution is 2.28. The molecule has 0 spiro atoms. The third-order valence-corrected chi connectivity index (χ3v) is 6.63. The normalized spacial score (nSPS) is 13.8. The molecule has 6 heteroatoms. The van der Waals surface area contributed by atoms with Gasteiger partial charge in [-0.05, 0) is 48.0 Å². The third kappa shape index (κ3) is 4.01. The predicted octanol–water partition coefficient (Wildman–Crippen LogP) is 4.98. The van der Waals surface area contributed by atoms with Gasteiger partial charge >= 0.3 is 0 Å². The summed E-state index contributed by atoms with van der Waals surface area (Å²) in [6, 6.07) is 25.0. The molecule has 1 N–H and O–H groups in total. The van der Waals surface area contributed by atoms with Crippen molar-refractivity contribution in [2.75, 3.05) is 34.8 Å². The van der Waals surface area contributed by atoms with Crippen LogP contribution >= 0.6 is 11.8 Å². The Labute approximate surface area is 191 Å². The summed E-state index contributed by atoms with van der Waals surface area (Å²) in [5.74, 6) is 1.05. The van der Waals surface area contributed by atoms with Gasteiger partial charge in [-0.25, -0.2) is 0 Å². The standard InChI is InChI=1S/C26H23N3O2S/c30-25(26(31)27-20-9-11-21(12-10-20)28-14-16-32-17-15-28)24-23(19-6-2-1-3-7-19)18-22-8-4-5-13-29(22)24/h1-13,18H,14-17H2,(H,27,31). The van der Waals surface area contributed by atoms with Gasteiger partial charge in [0.15, 0.2) is 0 Å². The molecule has 5 rings (SSSR count). The highest BCUT2D eigenvalue weighted by molar-refractivity contribution is 7.99. The van der Waals surface area contributed by atoms with E-state index in [4.69, 9.17) is 0 Å². The number of thioether (sulfide) groups is 1. The zero-order valence-electron chi connectivity index (χ0n) is 17.5. The number of benzene rings is 2. The Balaban J connectivity index is 1.41. The first-order valence-corrected chi connectivity index (χ1v) is 11.8. The van der Waals surface area contributed by atoms with Crippen molar-refractivity contribution in [3.05, 3.63) is 90.8 Å². The summed E-state index contributed by atoms with van der Waals surface area (Å²) >= 11 is 1.97. The van der Waals surface area contributed by atoms with Crippen molar-refractivity contribution in [2.24, 2.45) is 0 Å². The molecule has 2 aromatic carbocycles. The van der Waals surface area contributed by atoms with Gasteiger partial charge in [0.1, 0.15) is 5.69 Å². The number of aromatic nitrogens is 1. The summed E-state index contributed by atoms with van der Waals surface area (Å²) in [7, 11) is 0. The number of fused-ring (bicyclic) bond motifs is 1. The maximum absolute atomic E-state index is 13.3. The Bertz CT molecular complexity index is 1260. The Morgan fingerprint density at radius 3 is 2.31 bits per heavy atom. The number of amides is 1. The van der Waals surface area contributed by atoms with E-state index in [1.54, 1.807) is 4.40 Å². The molecular formula is C26H23N3O2S. The van der Waals surface area contributed by atoms with E-state index in [0.717, 1.165) is 46.9 Å². The van der Waals surface area contributed by atoms with Gasteiger partial charge in [-0.3, -0.25) is 9.59 Å². The van der Waals surface area contributed by atoms with Crippen LogP contribution in [0.25, 0.3) is 16.6 Å². The van der Waals surface area contributed by atoms with E-state index in [1.807, 2.05) is 96.8 Å². The minimum atomic E-state index is -0.645. The van der Waals surface area contributed by atoms with Gasteiger partial charge in [-0.2, -0.15) is 11.8 Å². The fraction of sp³-hybridized carbons (Fsp3) is 0.154. The van der Waals surface area contributed by atoms with Crippen LogP contribution in [-0.4, -0.2) is 40.7 Å². The highest BCUT2D eigenvalue weighted by Gasteiger charge is 2.25. The smallest absolute Gasteiger partial charge is 0.298 e. The van der Waals surface area contributed by atoms with Crippen LogP contribution in [0.4, 0.5) is 11.4 Å². The predicted molar refractivity (Wildman–Crippen MR) is 132 cm³/mol. The van der Waals surface area contributed by atoms with Crippen molar-refractivity contribution in [2.45, 2.75) is 0 Å². The van der Waals surface area contributed by atoms with E-state index in [2.05, 4.69) is 10.2 Å². The van der Waals surface area contributed by atoms with E-state index >= 15 is 0 Å². The van der Waals surface area contributed by atoms with Gasteiger partial charge < -0.3 is 14.6 Å². The van der Waals surface area contributed by atoms with Crippen LogP contribution < -0.4 is 10.2 Å². The fourth-order valence-corrected chi connectivity index (χ4v) is 4.97. The molecule has 5 nitrogen and oxygen atoms in total. The molecule has 1 fully saturated rings. The molecule has 2 aromatic heterocycles. The largest absolute Gasteiger partial charge is 0.370 e. The SMILES string of the molecule is O=C(Nc1ccc(N2CCSCC2)cc1)C(=O)c1c(-c2ccccc2)cc2ccccn12. The van der Waals surface area contributed by atoms with E-state index in [0.29, 0.717) is 11.4 Å². The average molecular weight is 442 g/mol. The fourth-order valence-electron chi connectivity index (χ4n) is 4.07. The number of Topliss-reactive ketones (excluding diaryl/α,β-unsaturated/α-hetero) is 1. The summed E-state index contributed by atoms with van der Waals surface area (Å²) in [6.45, 7) is 2.05. The van der Waals surface area contributed by atoms with E-state index < -0.39 is 11.7 Å². The molecule has 0 radical (unpaired) electrons. The molecule has 4 aromatic rings. The Hall–Kier alpha value is -3.51. The lowest BCUT2D eigenvalue weighted by molar-refractivity contribution is -0.112. The number of anilines is 2. The van der Waals surface area contributed by atoms with E-state index in [-0.39, 0.29) is 0 Å². The number of rotatable bonds is 5. The number of pyridine rings is 1. The molecule has 0 atom stereocenters. The maximum Gasteiger partial charge on any atom is 0.298 e. The first-order valence-electron chi connectivity index (χ1n) is 10.6. The molecule has 1 saturated heterocycles. The third-order valence-electron chi connectivity index (χ3n) is 5.69. The van der Waals surface area contributed by atoms with Crippen LogP contribution in [0.5, 0.6) is 0 Å². The first kappa shape index (κ1) is 20.4. The molecule has 32 heavy (non-hydrogen) atoms. The number of nitrogens with zero attached hydrogens (tertiary/aromatic N) is 2. The second kappa shape index (κ2) is 8.93. The summed E-state index contributed by atoms with van der Waals surface area (Å²) in [4.78, 5) is 28.6. The molecule has 160 valence electrons. The lowest BCUT2D eigenvalue weighted by atomic mass is 10.0. The van der Waals surface area contributed by atoms with Gasteiger partial charge in [0, 0.05) is 53.2 Å². The van der Waals surface area contributed by atoms with Crippen molar-refractivity contribution in [3.63, 3.8) is 0 Å². The van der Waals surface area contributed by atoms with Crippen LogP contribution in [0.1, 0.15) is 10.5 Å². The maximum atomic E-state index is 13.3. The number of hydrogen-bond acceptors (Lipinski definition) is 4. The van der Waals surface area contributed by atoms with Crippen molar-refractivity contribution in [1.82, 2.24) is 4.40 Å². The second-order valence-electron chi connectivity index (χ2n) is 7.70. The van der Waals surface area contributed by atoms with Crippen molar-refractivity contribution < 1.29 is 9.59 Å². The van der Waals surface area contributed by atoms with Gasteiger partial charge in [0.2, 0.25) is 0 Å². The number of ketones is 1. The first-order chi connectivity index (χ1) is 15.7. The van der Waals surface area contributed by atoms with Crippen LogP contribution in [0.2, 0.25) is 0 Å². The molecule has 0 aliphatic carbocycles. The molecule has 0 bridgehead atoms. The van der Waals surface area contributed by atoms with Gasteiger partial charge in [-0.1, -0.05) is 36.4 Å². The number of carbonyl (C=O) groups excluding carboxylic acids is 2. The Morgan fingerprint density at radius 2 is 1.56 bits per heavy atom. The van der Waals surface area contributed by atoms with Gasteiger partial charge in [0.25, 0.3) is 11.7 Å². The molecular weight excluding hydrogens is 418 g/mol. The Kier molecular flexibility index (Phi) is 5.69. The quantitative estimate of drug-likeness (QED) is 0.351. The highest BCUT2D eigenvalue weighted by atomic mass is 32.2. The number of carbonyl (C=O) groups is 2.